The molecule has 0 spiro atoms. The number of allylic oxidation sites excluding steroid dienone is 2. The van der Waals surface area contributed by atoms with Gasteiger partial charge in [-0.2, -0.15) is 0 Å². The molecule has 3 nitrogen and oxygen atoms in total. The summed E-state index contributed by atoms with van der Waals surface area (Å²) < 4.78 is 5.36. The number of thioether (sulfide) groups is 1. The van der Waals surface area contributed by atoms with Crippen LogP contribution in [-0.4, -0.2) is 48.3 Å². The van der Waals surface area contributed by atoms with Gasteiger partial charge >= 0.3 is 0 Å². The first-order chi connectivity index (χ1) is 8.51. The van der Waals surface area contributed by atoms with Crippen LogP contribution in [-0.2, 0) is 9.53 Å². The molecule has 2 aliphatic rings. The van der Waals surface area contributed by atoms with E-state index < -0.39 is 5.54 Å². The Balaban J connectivity index is 2.13. The van der Waals surface area contributed by atoms with Crippen molar-refractivity contribution >= 4 is 17.5 Å². The molecular formula is C14H21NO2S. The van der Waals surface area contributed by atoms with Gasteiger partial charge in [0.25, 0.3) is 0 Å². The fourth-order valence-corrected chi connectivity index (χ4v) is 3.44. The lowest BCUT2D eigenvalue weighted by molar-refractivity contribution is -0.127. The molecule has 0 atom stereocenters. The number of carbonyl (C=O) groups is 1. The molecule has 0 aromatic carbocycles. The van der Waals surface area contributed by atoms with E-state index in [1.165, 1.54) is 5.57 Å². The summed E-state index contributed by atoms with van der Waals surface area (Å²) in [4.78, 5) is 15.8. The molecule has 0 bridgehead atoms. The molecule has 0 saturated carbocycles. The highest BCUT2D eigenvalue weighted by atomic mass is 32.2. The maximum atomic E-state index is 12.7. The number of ether oxygens (including phenoxy) is 1. The molecule has 0 aliphatic carbocycles. The van der Waals surface area contributed by atoms with E-state index >= 15 is 0 Å². The molecule has 0 aromatic heterocycles. The number of carbonyl (C=O) groups excluding carboxylic acids is 1. The molecule has 0 unspecified atom stereocenters. The molecule has 2 rings (SSSR count). The normalized spacial score (nSPS) is 22.4. The third-order valence-corrected chi connectivity index (χ3v) is 4.53. The number of nitrogens with zero attached hydrogens (tertiary/aromatic N) is 1. The largest absolute Gasteiger partial charge is 0.379 e. The van der Waals surface area contributed by atoms with Gasteiger partial charge < -0.3 is 4.74 Å². The standard InChI is InChI=1S/C14H21NO2S/c1-11-4-9-18-12(10-11)13(16)14(2,3)15-5-7-17-8-6-15/h4,10H,5-9H2,1-3H3. The molecule has 0 aromatic rings. The molecule has 18 heavy (non-hydrogen) atoms. The Morgan fingerprint density at radius 2 is 2.06 bits per heavy atom. The van der Waals surface area contributed by atoms with Crippen molar-refractivity contribution in [2.24, 2.45) is 0 Å². The lowest BCUT2D eigenvalue weighted by Crippen LogP contribution is -2.54. The zero-order valence-corrected chi connectivity index (χ0v) is 12.2. The Morgan fingerprint density at radius 3 is 2.67 bits per heavy atom. The Kier molecular flexibility index (Phi) is 4.30. The molecule has 0 radical (unpaired) electrons. The van der Waals surface area contributed by atoms with Crippen molar-refractivity contribution in [1.82, 2.24) is 4.90 Å². The summed E-state index contributed by atoms with van der Waals surface area (Å²) in [5.41, 5.74) is 0.759. The summed E-state index contributed by atoms with van der Waals surface area (Å²) in [7, 11) is 0. The lowest BCUT2D eigenvalue weighted by atomic mass is 9.95. The SMILES string of the molecule is CC1=CCSC(C(=O)C(C)(C)N2CCOCC2)=C1. The zero-order valence-electron chi connectivity index (χ0n) is 11.4. The highest BCUT2D eigenvalue weighted by Crippen LogP contribution is 2.30. The number of rotatable bonds is 3. The van der Waals surface area contributed by atoms with Crippen LogP contribution in [0.4, 0.5) is 0 Å². The van der Waals surface area contributed by atoms with Crippen molar-refractivity contribution in [2.45, 2.75) is 26.3 Å². The van der Waals surface area contributed by atoms with Crippen molar-refractivity contribution < 1.29 is 9.53 Å². The van der Waals surface area contributed by atoms with E-state index in [4.69, 9.17) is 4.74 Å². The molecule has 0 N–H and O–H groups in total. The van der Waals surface area contributed by atoms with Gasteiger partial charge in [-0.15, -0.1) is 11.8 Å². The molecule has 100 valence electrons. The van der Waals surface area contributed by atoms with Crippen molar-refractivity contribution in [2.75, 3.05) is 32.1 Å². The number of hydrogen-bond acceptors (Lipinski definition) is 4. The fourth-order valence-electron chi connectivity index (χ4n) is 2.27. The van der Waals surface area contributed by atoms with Gasteiger partial charge in [0.15, 0.2) is 5.78 Å². The Bertz CT molecular complexity index is 393. The summed E-state index contributed by atoms with van der Waals surface area (Å²) in [5, 5.41) is 0. The molecule has 2 heterocycles. The van der Waals surface area contributed by atoms with Crippen LogP contribution in [0.3, 0.4) is 0 Å². The number of hydrogen-bond donors (Lipinski definition) is 0. The topological polar surface area (TPSA) is 29.5 Å². The van der Waals surface area contributed by atoms with Crippen LogP contribution in [0.2, 0.25) is 0 Å². The summed E-state index contributed by atoms with van der Waals surface area (Å²) in [6, 6.07) is 0. The minimum absolute atomic E-state index is 0.238. The lowest BCUT2D eigenvalue weighted by Gasteiger charge is -2.40. The van der Waals surface area contributed by atoms with Gasteiger partial charge in [-0.05, 0) is 26.8 Å². The molecule has 4 heteroatoms. The molecule has 1 fully saturated rings. The highest BCUT2D eigenvalue weighted by molar-refractivity contribution is 8.04. The van der Waals surface area contributed by atoms with Gasteiger partial charge in [0.05, 0.1) is 23.7 Å². The van der Waals surface area contributed by atoms with E-state index in [0.717, 1.165) is 37.0 Å². The minimum Gasteiger partial charge on any atom is -0.379 e. The van der Waals surface area contributed by atoms with Crippen LogP contribution in [0.1, 0.15) is 20.8 Å². The first kappa shape index (κ1) is 13.8. The van der Waals surface area contributed by atoms with E-state index in [0.29, 0.717) is 0 Å². The van der Waals surface area contributed by atoms with Gasteiger partial charge in [0.2, 0.25) is 0 Å². The van der Waals surface area contributed by atoms with Crippen LogP contribution < -0.4 is 0 Å². The van der Waals surface area contributed by atoms with Crippen molar-refractivity contribution in [3.05, 3.63) is 22.6 Å². The van der Waals surface area contributed by atoms with Crippen molar-refractivity contribution in [1.29, 1.82) is 0 Å². The Labute approximate surface area is 113 Å². The van der Waals surface area contributed by atoms with Crippen LogP contribution in [0, 0.1) is 0 Å². The van der Waals surface area contributed by atoms with Crippen LogP contribution >= 0.6 is 11.8 Å². The van der Waals surface area contributed by atoms with Gasteiger partial charge in [-0.25, -0.2) is 0 Å². The predicted molar refractivity (Wildman–Crippen MR) is 75.8 cm³/mol. The average Bonchev–Trinajstić information content (AvgIpc) is 2.39. The molecule has 2 aliphatic heterocycles. The molecule has 1 saturated heterocycles. The van der Waals surface area contributed by atoms with Gasteiger partial charge in [0.1, 0.15) is 0 Å². The second kappa shape index (κ2) is 5.59. The van der Waals surface area contributed by atoms with E-state index in [-0.39, 0.29) is 5.78 Å². The van der Waals surface area contributed by atoms with Crippen molar-refractivity contribution in [3.63, 3.8) is 0 Å². The second-order valence-corrected chi connectivity index (χ2v) is 6.32. The van der Waals surface area contributed by atoms with Gasteiger partial charge in [-0.1, -0.05) is 11.6 Å². The zero-order chi connectivity index (χ0) is 13.2. The van der Waals surface area contributed by atoms with Crippen molar-refractivity contribution in [3.8, 4) is 0 Å². The van der Waals surface area contributed by atoms with E-state index in [1.54, 1.807) is 11.8 Å². The number of ketones is 1. The molecule has 0 amide bonds. The third kappa shape index (κ3) is 2.87. The smallest absolute Gasteiger partial charge is 0.188 e. The first-order valence-electron chi connectivity index (χ1n) is 6.40. The van der Waals surface area contributed by atoms with Crippen LogP contribution in [0.25, 0.3) is 0 Å². The number of Topliss-reactive ketones (excluding diaryl/α,β-unsaturated/α-hetero) is 1. The summed E-state index contributed by atoms with van der Waals surface area (Å²) >= 11 is 1.64. The van der Waals surface area contributed by atoms with E-state index in [1.807, 2.05) is 19.9 Å². The summed E-state index contributed by atoms with van der Waals surface area (Å²) in [6.45, 7) is 9.22. The monoisotopic (exact) mass is 267 g/mol. The fraction of sp³-hybridized carbons (Fsp3) is 0.643. The highest BCUT2D eigenvalue weighted by Gasteiger charge is 2.37. The van der Waals surface area contributed by atoms with Gasteiger partial charge in [-0.3, -0.25) is 9.69 Å². The first-order valence-corrected chi connectivity index (χ1v) is 7.39. The summed E-state index contributed by atoms with van der Waals surface area (Å²) in [5.74, 6) is 1.14. The quantitative estimate of drug-likeness (QED) is 0.784. The van der Waals surface area contributed by atoms with Crippen LogP contribution in [0.15, 0.2) is 22.6 Å². The van der Waals surface area contributed by atoms with E-state index in [2.05, 4.69) is 17.9 Å². The number of morpholine rings is 1. The maximum absolute atomic E-state index is 12.7. The predicted octanol–water partition coefficient (Wildman–Crippen LogP) is 2.24. The Morgan fingerprint density at radius 1 is 1.39 bits per heavy atom. The maximum Gasteiger partial charge on any atom is 0.188 e. The summed E-state index contributed by atoms with van der Waals surface area (Å²) in [6.07, 6.45) is 4.17. The minimum atomic E-state index is -0.430. The molecular weight excluding hydrogens is 246 g/mol. The van der Waals surface area contributed by atoms with E-state index in [9.17, 15) is 4.79 Å². The Hall–Kier alpha value is -0.580. The van der Waals surface area contributed by atoms with Crippen LogP contribution in [0.5, 0.6) is 0 Å². The average molecular weight is 267 g/mol. The second-order valence-electron chi connectivity index (χ2n) is 5.26. The van der Waals surface area contributed by atoms with Gasteiger partial charge in [0, 0.05) is 18.8 Å². The third-order valence-electron chi connectivity index (χ3n) is 3.58.